The Balaban J connectivity index is 2.43. The molecular weight excluding hydrogens is 194 g/mol. The normalized spacial score (nSPS) is 20.4. The fourth-order valence-corrected chi connectivity index (χ4v) is 2.80. The Labute approximate surface area is 88.3 Å². The monoisotopic (exact) mass is 207 g/mol. The van der Waals surface area contributed by atoms with Crippen LogP contribution in [-0.2, 0) is 4.79 Å². The average Bonchev–Trinajstić information content (AvgIpc) is 2.16. The third kappa shape index (κ3) is 1.64. The molecule has 1 unspecified atom stereocenters. The molecular formula is C11H13NOS. The molecule has 1 aliphatic rings. The van der Waals surface area contributed by atoms with Crippen LogP contribution < -0.4 is 4.90 Å². The number of thioether (sulfide) groups is 1. The van der Waals surface area contributed by atoms with E-state index >= 15 is 0 Å². The zero-order valence-corrected chi connectivity index (χ0v) is 9.17. The highest BCUT2D eigenvalue weighted by Crippen LogP contribution is 2.37. The van der Waals surface area contributed by atoms with Crippen molar-refractivity contribution in [2.45, 2.75) is 24.0 Å². The van der Waals surface area contributed by atoms with Gasteiger partial charge in [0, 0.05) is 23.6 Å². The van der Waals surface area contributed by atoms with E-state index in [1.54, 1.807) is 6.92 Å². The molecule has 1 atom stereocenters. The van der Waals surface area contributed by atoms with Crippen LogP contribution in [0.15, 0.2) is 29.2 Å². The molecule has 0 saturated heterocycles. The molecule has 1 aromatic carbocycles. The number of nitrogens with zero attached hydrogens (tertiary/aromatic N) is 1. The summed E-state index contributed by atoms with van der Waals surface area (Å²) in [5.41, 5.74) is 1.06. The Kier molecular flexibility index (Phi) is 2.50. The van der Waals surface area contributed by atoms with Gasteiger partial charge in [0.2, 0.25) is 5.91 Å². The summed E-state index contributed by atoms with van der Waals surface area (Å²) >= 11 is 1.84. The summed E-state index contributed by atoms with van der Waals surface area (Å²) in [6.45, 7) is 4.59. The molecule has 0 spiro atoms. The van der Waals surface area contributed by atoms with E-state index in [1.165, 1.54) is 4.90 Å². The molecule has 0 bridgehead atoms. The third-order valence-electron chi connectivity index (χ3n) is 2.30. The van der Waals surface area contributed by atoms with Crippen molar-refractivity contribution < 1.29 is 4.79 Å². The van der Waals surface area contributed by atoms with Gasteiger partial charge in [-0.15, -0.1) is 11.8 Å². The first kappa shape index (κ1) is 9.59. The highest BCUT2D eigenvalue weighted by atomic mass is 32.2. The van der Waals surface area contributed by atoms with Crippen LogP contribution in [0.1, 0.15) is 13.8 Å². The molecule has 2 nitrogen and oxygen atoms in total. The number of rotatable bonds is 0. The number of carbonyl (C=O) groups excluding carboxylic acids is 1. The van der Waals surface area contributed by atoms with E-state index in [-0.39, 0.29) is 5.91 Å². The van der Waals surface area contributed by atoms with Crippen LogP contribution in [-0.4, -0.2) is 17.7 Å². The van der Waals surface area contributed by atoms with Gasteiger partial charge in [0.25, 0.3) is 0 Å². The molecule has 0 radical (unpaired) electrons. The number of amides is 1. The highest BCUT2D eigenvalue weighted by molar-refractivity contribution is 8.00. The molecule has 0 aliphatic carbocycles. The number of hydrogen-bond acceptors (Lipinski definition) is 2. The molecule has 1 heterocycles. The minimum atomic E-state index is 0.129. The van der Waals surface area contributed by atoms with Gasteiger partial charge < -0.3 is 4.90 Å². The Hall–Kier alpha value is -0.960. The molecule has 3 heteroatoms. The van der Waals surface area contributed by atoms with Gasteiger partial charge in [-0.3, -0.25) is 4.79 Å². The van der Waals surface area contributed by atoms with Gasteiger partial charge in [0.1, 0.15) is 0 Å². The van der Waals surface area contributed by atoms with Crippen molar-refractivity contribution in [3.05, 3.63) is 24.3 Å². The molecule has 0 fully saturated rings. The van der Waals surface area contributed by atoms with Gasteiger partial charge in [0.15, 0.2) is 0 Å². The zero-order valence-electron chi connectivity index (χ0n) is 8.36. The van der Waals surface area contributed by atoms with Crippen LogP contribution in [0.5, 0.6) is 0 Å². The SMILES string of the molecule is CC(=O)N1CC(C)Sc2ccccc21. The van der Waals surface area contributed by atoms with Crippen LogP contribution in [0, 0.1) is 0 Å². The van der Waals surface area contributed by atoms with Crippen molar-refractivity contribution in [1.29, 1.82) is 0 Å². The van der Waals surface area contributed by atoms with E-state index < -0.39 is 0 Å². The molecule has 74 valence electrons. The van der Waals surface area contributed by atoms with Gasteiger partial charge in [-0.2, -0.15) is 0 Å². The second-order valence-electron chi connectivity index (χ2n) is 3.53. The summed E-state index contributed by atoms with van der Waals surface area (Å²) in [6.07, 6.45) is 0. The van der Waals surface area contributed by atoms with Crippen LogP contribution in [0.25, 0.3) is 0 Å². The number of para-hydroxylation sites is 1. The van der Waals surface area contributed by atoms with E-state index in [4.69, 9.17) is 0 Å². The maximum Gasteiger partial charge on any atom is 0.223 e. The van der Waals surface area contributed by atoms with Crippen molar-refractivity contribution in [2.75, 3.05) is 11.4 Å². The summed E-state index contributed by atoms with van der Waals surface area (Å²) in [4.78, 5) is 14.5. The molecule has 2 rings (SSSR count). The van der Waals surface area contributed by atoms with Gasteiger partial charge in [-0.1, -0.05) is 19.1 Å². The van der Waals surface area contributed by atoms with Crippen molar-refractivity contribution >= 4 is 23.4 Å². The Morgan fingerprint density at radius 3 is 2.93 bits per heavy atom. The van der Waals surface area contributed by atoms with Gasteiger partial charge in [0.05, 0.1) is 5.69 Å². The van der Waals surface area contributed by atoms with Crippen LogP contribution in [0.2, 0.25) is 0 Å². The Morgan fingerprint density at radius 1 is 1.50 bits per heavy atom. The van der Waals surface area contributed by atoms with E-state index in [1.807, 2.05) is 34.9 Å². The number of hydrogen-bond donors (Lipinski definition) is 0. The third-order valence-corrected chi connectivity index (χ3v) is 3.45. The van der Waals surface area contributed by atoms with Crippen molar-refractivity contribution in [1.82, 2.24) is 0 Å². The van der Waals surface area contributed by atoms with Crippen LogP contribution >= 0.6 is 11.8 Å². The lowest BCUT2D eigenvalue weighted by Crippen LogP contribution is -2.36. The molecule has 1 aromatic rings. The minimum absolute atomic E-state index is 0.129. The fourth-order valence-electron chi connectivity index (χ4n) is 1.69. The first-order valence-corrected chi connectivity index (χ1v) is 5.60. The van der Waals surface area contributed by atoms with Crippen LogP contribution in [0.4, 0.5) is 5.69 Å². The smallest absolute Gasteiger partial charge is 0.223 e. The summed E-state index contributed by atoms with van der Waals surface area (Å²) < 4.78 is 0. The predicted octanol–water partition coefficient (Wildman–Crippen LogP) is 2.53. The lowest BCUT2D eigenvalue weighted by atomic mass is 10.2. The highest BCUT2D eigenvalue weighted by Gasteiger charge is 2.24. The maximum atomic E-state index is 11.4. The second-order valence-corrected chi connectivity index (χ2v) is 5.01. The number of benzene rings is 1. The molecule has 1 aliphatic heterocycles. The van der Waals surface area contributed by atoms with Gasteiger partial charge >= 0.3 is 0 Å². The molecule has 0 N–H and O–H groups in total. The number of anilines is 1. The molecule has 1 amide bonds. The lowest BCUT2D eigenvalue weighted by Gasteiger charge is -2.31. The number of fused-ring (bicyclic) bond motifs is 1. The Bertz CT molecular complexity index is 364. The quantitative estimate of drug-likeness (QED) is 0.651. The Morgan fingerprint density at radius 2 is 2.21 bits per heavy atom. The summed E-state index contributed by atoms with van der Waals surface area (Å²) in [6, 6.07) is 8.08. The van der Waals surface area contributed by atoms with Gasteiger partial charge in [-0.25, -0.2) is 0 Å². The molecule has 14 heavy (non-hydrogen) atoms. The molecule has 0 aromatic heterocycles. The van der Waals surface area contributed by atoms with E-state index in [2.05, 4.69) is 13.0 Å². The first-order valence-electron chi connectivity index (χ1n) is 4.72. The fraction of sp³-hybridized carbons (Fsp3) is 0.364. The summed E-state index contributed by atoms with van der Waals surface area (Å²) in [5, 5.41) is 0.480. The second kappa shape index (κ2) is 3.65. The van der Waals surface area contributed by atoms with Crippen molar-refractivity contribution in [2.24, 2.45) is 0 Å². The van der Waals surface area contributed by atoms with Crippen molar-refractivity contribution in [3.8, 4) is 0 Å². The van der Waals surface area contributed by atoms with Crippen molar-refractivity contribution in [3.63, 3.8) is 0 Å². The van der Waals surface area contributed by atoms with Gasteiger partial charge in [-0.05, 0) is 12.1 Å². The lowest BCUT2D eigenvalue weighted by molar-refractivity contribution is -0.116. The summed E-state index contributed by atoms with van der Waals surface area (Å²) in [7, 11) is 0. The number of carbonyl (C=O) groups is 1. The zero-order chi connectivity index (χ0) is 10.1. The average molecular weight is 207 g/mol. The van der Waals surface area contributed by atoms with Crippen LogP contribution in [0.3, 0.4) is 0 Å². The van der Waals surface area contributed by atoms with E-state index in [9.17, 15) is 4.79 Å². The molecule has 0 saturated carbocycles. The predicted molar refractivity (Wildman–Crippen MR) is 59.8 cm³/mol. The summed E-state index contributed by atoms with van der Waals surface area (Å²) in [5.74, 6) is 0.129. The minimum Gasteiger partial charge on any atom is -0.310 e. The standard InChI is InChI=1S/C11H13NOS/c1-8-7-12(9(2)13)10-5-3-4-6-11(10)14-8/h3-6,8H,7H2,1-2H3. The topological polar surface area (TPSA) is 20.3 Å². The first-order chi connectivity index (χ1) is 6.68. The largest absolute Gasteiger partial charge is 0.310 e. The van der Waals surface area contributed by atoms with E-state index in [0.717, 1.165) is 12.2 Å². The maximum absolute atomic E-state index is 11.4. The van der Waals surface area contributed by atoms with E-state index in [0.29, 0.717) is 5.25 Å².